The molecule has 0 spiro atoms. The van der Waals surface area contributed by atoms with E-state index in [0.29, 0.717) is 0 Å². The fraction of sp³-hybridized carbons (Fsp3) is 0. The van der Waals surface area contributed by atoms with Gasteiger partial charge in [-0.3, -0.25) is 0 Å². The van der Waals surface area contributed by atoms with Crippen LogP contribution in [0.3, 0.4) is 0 Å². The van der Waals surface area contributed by atoms with Crippen LogP contribution in [0.4, 0.5) is 13.2 Å². The van der Waals surface area contributed by atoms with E-state index < -0.39 is 29.0 Å². The third kappa shape index (κ3) is 1.80. The largest absolute Gasteiger partial charge is 0.505 e. The number of hydrogen-bond donors (Lipinski definition) is 2. The zero-order valence-electron chi connectivity index (χ0n) is 8.42. The van der Waals surface area contributed by atoms with E-state index in [0.717, 1.165) is 18.2 Å². The lowest BCUT2D eigenvalue weighted by molar-refractivity contribution is 0.407. The summed E-state index contributed by atoms with van der Waals surface area (Å²) in [6, 6.07) is 5.54. The number of aromatic hydroxyl groups is 2. The SMILES string of the molecule is Oc1cccc(-c2ccc(O)c(F)c2F)c1F. The molecule has 2 aromatic rings. The van der Waals surface area contributed by atoms with Gasteiger partial charge in [0.25, 0.3) is 0 Å². The quantitative estimate of drug-likeness (QED) is 0.803. The summed E-state index contributed by atoms with van der Waals surface area (Å²) in [6.45, 7) is 0. The van der Waals surface area contributed by atoms with Crippen LogP contribution in [0.5, 0.6) is 11.5 Å². The van der Waals surface area contributed by atoms with Crippen LogP contribution in [0, 0.1) is 17.5 Å². The van der Waals surface area contributed by atoms with E-state index in [9.17, 15) is 13.2 Å². The molecule has 0 unspecified atom stereocenters. The average Bonchev–Trinajstić information content (AvgIpc) is 2.31. The van der Waals surface area contributed by atoms with Crippen molar-refractivity contribution < 1.29 is 23.4 Å². The molecule has 2 rings (SSSR count). The highest BCUT2D eigenvalue weighted by atomic mass is 19.2. The van der Waals surface area contributed by atoms with Crippen molar-refractivity contribution in [3.63, 3.8) is 0 Å². The molecule has 0 atom stereocenters. The summed E-state index contributed by atoms with van der Waals surface area (Å²) < 4.78 is 40.1. The van der Waals surface area contributed by atoms with Crippen LogP contribution in [0.2, 0.25) is 0 Å². The molecule has 0 aliphatic heterocycles. The van der Waals surface area contributed by atoms with E-state index in [4.69, 9.17) is 10.2 Å². The molecule has 0 heterocycles. The van der Waals surface area contributed by atoms with Crippen LogP contribution < -0.4 is 0 Å². The van der Waals surface area contributed by atoms with Gasteiger partial charge in [0.15, 0.2) is 23.1 Å². The maximum absolute atomic E-state index is 13.5. The lowest BCUT2D eigenvalue weighted by Crippen LogP contribution is -1.93. The molecule has 0 amide bonds. The van der Waals surface area contributed by atoms with Gasteiger partial charge in [-0.2, -0.15) is 4.39 Å². The summed E-state index contributed by atoms with van der Waals surface area (Å²) in [5.74, 6) is -5.38. The maximum Gasteiger partial charge on any atom is 0.200 e. The van der Waals surface area contributed by atoms with Crippen LogP contribution in [0.1, 0.15) is 0 Å². The lowest BCUT2D eigenvalue weighted by atomic mass is 10.0. The van der Waals surface area contributed by atoms with Gasteiger partial charge in [-0.25, -0.2) is 8.78 Å². The van der Waals surface area contributed by atoms with Crippen LogP contribution >= 0.6 is 0 Å². The Kier molecular flexibility index (Phi) is 2.67. The van der Waals surface area contributed by atoms with Crippen molar-refractivity contribution in [3.05, 3.63) is 47.8 Å². The van der Waals surface area contributed by atoms with Crippen LogP contribution in [-0.2, 0) is 0 Å². The van der Waals surface area contributed by atoms with Crippen molar-refractivity contribution in [1.82, 2.24) is 0 Å². The molecule has 2 aromatic carbocycles. The standard InChI is InChI=1S/C12H7F3O2/c13-10-6(2-1-3-8(10)16)7-4-5-9(17)12(15)11(7)14/h1-5,16-17H. The van der Waals surface area contributed by atoms with E-state index in [-0.39, 0.29) is 11.1 Å². The van der Waals surface area contributed by atoms with Crippen molar-refractivity contribution in [2.45, 2.75) is 0 Å². The Hall–Kier alpha value is -2.17. The Bertz CT molecular complexity index is 582. The van der Waals surface area contributed by atoms with E-state index in [2.05, 4.69) is 0 Å². The second-order valence-corrected chi connectivity index (χ2v) is 3.40. The van der Waals surface area contributed by atoms with E-state index in [1.54, 1.807) is 0 Å². The first-order chi connectivity index (χ1) is 8.02. The summed E-state index contributed by atoms with van der Waals surface area (Å²) >= 11 is 0. The van der Waals surface area contributed by atoms with Gasteiger partial charge in [-0.1, -0.05) is 12.1 Å². The molecule has 88 valence electrons. The minimum atomic E-state index is -1.45. The number of phenolic OH excluding ortho intramolecular Hbond substituents is 2. The van der Waals surface area contributed by atoms with Crippen molar-refractivity contribution in [1.29, 1.82) is 0 Å². The van der Waals surface area contributed by atoms with Gasteiger partial charge in [0, 0.05) is 11.1 Å². The van der Waals surface area contributed by atoms with E-state index in [1.165, 1.54) is 12.1 Å². The first kappa shape index (κ1) is 11.3. The predicted octanol–water partition coefficient (Wildman–Crippen LogP) is 3.18. The molecule has 2 nitrogen and oxygen atoms in total. The van der Waals surface area contributed by atoms with Gasteiger partial charge in [-0.05, 0) is 18.2 Å². The molecule has 0 aromatic heterocycles. The molecule has 0 aliphatic carbocycles. The van der Waals surface area contributed by atoms with Gasteiger partial charge in [-0.15, -0.1) is 0 Å². The molecular weight excluding hydrogens is 233 g/mol. The topological polar surface area (TPSA) is 40.5 Å². The second kappa shape index (κ2) is 4.01. The minimum absolute atomic E-state index is 0.276. The Balaban J connectivity index is 2.69. The maximum atomic E-state index is 13.5. The summed E-state index contributed by atoms with van der Waals surface area (Å²) in [5, 5.41) is 18.1. The first-order valence-corrected chi connectivity index (χ1v) is 4.67. The normalized spacial score (nSPS) is 10.5. The lowest BCUT2D eigenvalue weighted by Gasteiger charge is -2.07. The molecule has 0 bridgehead atoms. The van der Waals surface area contributed by atoms with Crippen molar-refractivity contribution >= 4 is 0 Å². The van der Waals surface area contributed by atoms with Crippen molar-refractivity contribution in [2.24, 2.45) is 0 Å². The summed E-state index contributed by atoms with van der Waals surface area (Å²) in [7, 11) is 0. The van der Waals surface area contributed by atoms with Crippen LogP contribution in [-0.4, -0.2) is 10.2 Å². The Morgan fingerprint density at radius 1 is 0.647 bits per heavy atom. The molecule has 5 heteroatoms. The highest BCUT2D eigenvalue weighted by Crippen LogP contribution is 2.33. The Morgan fingerprint density at radius 2 is 1.24 bits per heavy atom. The van der Waals surface area contributed by atoms with Crippen LogP contribution in [0.15, 0.2) is 30.3 Å². The molecule has 0 fully saturated rings. The summed E-state index contributed by atoms with van der Waals surface area (Å²) in [4.78, 5) is 0. The van der Waals surface area contributed by atoms with Gasteiger partial charge in [0.05, 0.1) is 0 Å². The monoisotopic (exact) mass is 240 g/mol. The third-order valence-corrected chi connectivity index (χ3v) is 2.33. The smallest absolute Gasteiger partial charge is 0.200 e. The van der Waals surface area contributed by atoms with E-state index in [1.807, 2.05) is 0 Å². The first-order valence-electron chi connectivity index (χ1n) is 4.67. The summed E-state index contributed by atoms with van der Waals surface area (Å²) in [5.41, 5.74) is -0.643. The highest BCUT2D eigenvalue weighted by molar-refractivity contribution is 5.67. The van der Waals surface area contributed by atoms with Gasteiger partial charge >= 0.3 is 0 Å². The Labute approximate surface area is 94.6 Å². The fourth-order valence-corrected chi connectivity index (χ4v) is 1.48. The fourth-order valence-electron chi connectivity index (χ4n) is 1.48. The minimum Gasteiger partial charge on any atom is -0.505 e. The molecule has 17 heavy (non-hydrogen) atoms. The number of halogens is 3. The third-order valence-electron chi connectivity index (χ3n) is 2.33. The second-order valence-electron chi connectivity index (χ2n) is 3.40. The van der Waals surface area contributed by atoms with Crippen LogP contribution in [0.25, 0.3) is 11.1 Å². The van der Waals surface area contributed by atoms with Crippen molar-refractivity contribution in [2.75, 3.05) is 0 Å². The van der Waals surface area contributed by atoms with Gasteiger partial charge < -0.3 is 10.2 Å². The Morgan fingerprint density at radius 3 is 1.94 bits per heavy atom. The number of phenols is 2. The van der Waals surface area contributed by atoms with Crippen molar-refractivity contribution in [3.8, 4) is 22.6 Å². The highest BCUT2D eigenvalue weighted by Gasteiger charge is 2.17. The zero-order valence-corrected chi connectivity index (χ0v) is 8.42. The molecule has 0 aliphatic rings. The number of hydrogen-bond acceptors (Lipinski definition) is 2. The summed E-state index contributed by atoms with van der Waals surface area (Å²) in [6.07, 6.45) is 0. The number of benzene rings is 2. The molecule has 0 radical (unpaired) electrons. The average molecular weight is 240 g/mol. The number of rotatable bonds is 1. The molecular formula is C12H7F3O2. The molecule has 0 saturated heterocycles. The predicted molar refractivity (Wildman–Crippen MR) is 55.1 cm³/mol. The molecule has 0 saturated carbocycles. The van der Waals surface area contributed by atoms with Gasteiger partial charge in [0.1, 0.15) is 0 Å². The van der Waals surface area contributed by atoms with E-state index >= 15 is 0 Å². The zero-order chi connectivity index (χ0) is 12.6. The van der Waals surface area contributed by atoms with Gasteiger partial charge in [0.2, 0.25) is 5.82 Å². The molecule has 2 N–H and O–H groups in total.